The van der Waals surface area contributed by atoms with Gasteiger partial charge >= 0.3 is 0 Å². The lowest BCUT2D eigenvalue weighted by molar-refractivity contribution is 0.102. The SMILES string of the molecule is Cc1cc(OCc2ccc(C(=O)Nc3cc(C)n(Cc4c(Cl)cccc4Cl)n3)cc2)ccc1Cl. The molecule has 0 unspecified atom stereocenters. The van der Waals surface area contributed by atoms with Crippen LogP contribution in [0.3, 0.4) is 0 Å². The molecule has 0 spiro atoms. The van der Waals surface area contributed by atoms with Gasteiger partial charge in [-0.25, -0.2) is 0 Å². The van der Waals surface area contributed by atoms with Crippen molar-refractivity contribution >= 4 is 46.5 Å². The first kappa shape index (κ1) is 24.1. The maximum atomic E-state index is 12.7. The van der Waals surface area contributed by atoms with Crippen LogP contribution in [-0.2, 0) is 13.2 Å². The molecule has 34 heavy (non-hydrogen) atoms. The van der Waals surface area contributed by atoms with E-state index in [0.717, 1.165) is 28.1 Å². The van der Waals surface area contributed by atoms with Crippen molar-refractivity contribution in [2.24, 2.45) is 0 Å². The summed E-state index contributed by atoms with van der Waals surface area (Å²) in [7, 11) is 0. The summed E-state index contributed by atoms with van der Waals surface area (Å²) in [6, 6.07) is 20.0. The minimum Gasteiger partial charge on any atom is -0.489 e. The van der Waals surface area contributed by atoms with E-state index in [1.165, 1.54) is 0 Å². The van der Waals surface area contributed by atoms with Gasteiger partial charge in [0.05, 0.1) is 6.54 Å². The fraction of sp³-hybridized carbons (Fsp3) is 0.154. The van der Waals surface area contributed by atoms with Gasteiger partial charge in [-0.15, -0.1) is 0 Å². The molecule has 1 aromatic heterocycles. The molecule has 1 heterocycles. The van der Waals surface area contributed by atoms with E-state index >= 15 is 0 Å². The van der Waals surface area contributed by atoms with Gasteiger partial charge in [0, 0.05) is 38.0 Å². The standard InChI is InChI=1S/C26H22Cl3N3O2/c1-16-12-20(10-11-22(16)27)34-15-18-6-8-19(9-7-18)26(33)30-25-13-17(2)32(31-25)14-21-23(28)4-3-5-24(21)29/h3-13H,14-15H2,1-2H3,(H,30,31,33). The summed E-state index contributed by atoms with van der Waals surface area (Å²) < 4.78 is 7.57. The van der Waals surface area contributed by atoms with Crippen molar-refractivity contribution in [3.8, 4) is 5.75 Å². The van der Waals surface area contributed by atoms with E-state index in [2.05, 4.69) is 10.4 Å². The molecule has 174 valence electrons. The van der Waals surface area contributed by atoms with Gasteiger partial charge in [-0.05, 0) is 67.4 Å². The molecule has 4 rings (SSSR count). The molecular formula is C26H22Cl3N3O2. The highest BCUT2D eigenvalue weighted by Crippen LogP contribution is 2.26. The number of nitrogens with zero attached hydrogens (tertiary/aromatic N) is 2. The molecule has 1 N–H and O–H groups in total. The van der Waals surface area contributed by atoms with Crippen molar-refractivity contribution in [2.75, 3.05) is 5.32 Å². The summed E-state index contributed by atoms with van der Waals surface area (Å²) in [5, 5.41) is 9.18. The Morgan fingerprint density at radius 2 is 1.65 bits per heavy atom. The Morgan fingerprint density at radius 3 is 2.32 bits per heavy atom. The van der Waals surface area contributed by atoms with Crippen molar-refractivity contribution in [1.82, 2.24) is 9.78 Å². The van der Waals surface area contributed by atoms with Crippen LogP contribution in [0, 0.1) is 13.8 Å². The molecule has 4 aromatic rings. The van der Waals surface area contributed by atoms with Crippen LogP contribution in [-0.4, -0.2) is 15.7 Å². The molecular weight excluding hydrogens is 493 g/mol. The highest BCUT2D eigenvalue weighted by atomic mass is 35.5. The molecule has 0 atom stereocenters. The predicted octanol–water partition coefficient (Wildman–Crippen LogP) is 7.34. The Hall–Kier alpha value is -2.99. The quantitative estimate of drug-likeness (QED) is 0.281. The normalized spacial score (nSPS) is 10.9. The van der Waals surface area contributed by atoms with E-state index < -0.39 is 0 Å². The molecule has 0 aliphatic carbocycles. The Balaban J connectivity index is 1.38. The number of amides is 1. The molecule has 0 saturated heterocycles. The zero-order valence-electron chi connectivity index (χ0n) is 18.6. The summed E-state index contributed by atoms with van der Waals surface area (Å²) in [4.78, 5) is 12.7. The van der Waals surface area contributed by atoms with Crippen LogP contribution < -0.4 is 10.1 Å². The Morgan fingerprint density at radius 1 is 0.941 bits per heavy atom. The topological polar surface area (TPSA) is 56.1 Å². The van der Waals surface area contributed by atoms with Gasteiger partial charge in [-0.3, -0.25) is 9.48 Å². The fourth-order valence-electron chi connectivity index (χ4n) is 3.38. The van der Waals surface area contributed by atoms with E-state index in [-0.39, 0.29) is 5.91 Å². The summed E-state index contributed by atoms with van der Waals surface area (Å²) in [5.41, 5.74) is 4.07. The third kappa shape index (κ3) is 5.73. The first-order chi connectivity index (χ1) is 16.3. The van der Waals surface area contributed by atoms with Crippen LogP contribution in [0.2, 0.25) is 15.1 Å². The largest absolute Gasteiger partial charge is 0.489 e. The molecule has 1 amide bonds. The fourth-order valence-corrected chi connectivity index (χ4v) is 4.01. The van der Waals surface area contributed by atoms with Gasteiger partial charge in [0.15, 0.2) is 5.82 Å². The maximum Gasteiger partial charge on any atom is 0.256 e. The van der Waals surface area contributed by atoms with Crippen molar-refractivity contribution < 1.29 is 9.53 Å². The molecule has 0 radical (unpaired) electrons. The molecule has 0 aliphatic rings. The minimum absolute atomic E-state index is 0.249. The number of anilines is 1. The highest BCUT2D eigenvalue weighted by Gasteiger charge is 2.13. The Bertz CT molecular complexity index is 1310. The lowest BCUT2D eigenvalue weighted by Gasteiger charge is -2.09. The van der Waals surface area contributed by atoms with Gasteiger partial charge in [-0.1, -0.05) is 53.0 Å². The number of ether oxygens (including phenoxy) is 1. The highest BCUT2D eigenvalue weighted by molar-refractivity contribution is 6.36. The zero-order valence-corrected chi connectivity index (χ0v) is 20.9. The summed E-state index contributed by atoms with van der Waals surface area (Å²) in [6.45, 7) is 4.63. The van der Waals surface area contributed by atoms with Gasteiger partial charge in [0.2, 0.25) is 0 Å². The van der Waals surface area contributed by atoms with Gasteiger partial charge in [-0.2, -0.15) is 5.10 Å². The number of hydrogen-bond donors (Lipinski definition) is 1. The van der Waals surface area contributed by atoms with E-state index in [1.54, 1.807) is 41.1 Å². The average molecular weight is 515 g/mol. The van der Waals surface area contributed by atoms with Gasteiger partial charge in [0.25, 0.3) is 5.91 Å². The van der Waals surface area contributed by atoms with Gasteiger partial charge < -0.3 is 10.1 Å². The molecule has 8 heteroatoms. The average Bonchev–Trinajstić information content (AvgIpc) is 3.16. The van der Waals surface area contributed by atoms with Crippen LogP contribution in [0.25, 0.3) is 0 Å². The Kier molecular flexibility index (Phi) is 7.47. The van der Waals surface area contributed by atoms with E-state index in [9.17, 15) is 4.79 Å². The lowest BCUT2D eigenvalue weighted by Crippen LogP contribution is -2.13. The number of carbonyl (C=O) groups is 1. The van der Waals surface area contributed by atoms with Crippen LogP contribution in [0.1, 0.15) is 32.7 Å². The summed E-state index contributed by atoms with van der Waals surface area (Å²) in [5.74, 6) is 0.949. The number of aryl methyl sites for hydroxylation is 2. The lowest BCUT2D eigenvalue weighted by atomic mass is 10.1. The van der Waals surface area contributed by atoms with Crippen molar-refractivity contribution in [1.29, 1.82) is 0 Å². The molecule has 0 aliphatic heterocycles. The second-order valence-corrected chi connectivity index (χ2v) is 9.10. The van der Waals surface area contributed by atoms with E-state index in [4.69, 9.17) is 39.5 Å². The molecule has 3 aromatic carbocycles. The molecule has 0 saturated carbocycles. The van der Waals surface area contributed by atoms with E-state index in [1.807, 2.05) is 44.2 Å². The second kappa shape index (κ2) is 10.5. The molecule has 5 nitrogen and oxygen atoms in total. The number of benzene rings is 3. The number of nitrogens with one attached hydrogen (secondary N) is 1. The number of carbonyl (C=O) groups excluding carboxylic acids is 1. The van der Waals surface area contributed by atoms with Crippen molar-refractivity contribution in [2.45, 2.75) is 27.0 Å². The van der Waals surface area contributed by atoms with Crippen molar-refractivity contribution in [3.05, 3.63) is 110 Å². The number of hydrogen-bond acceptors (Lipinski definition) is 3. The third-order valence-corrected chi connectivity index (χ3v) is 6.48. The molecule has 0 fully saturated rings. The van der Waals surface area contributed by atoms with Crippen LogP contribution in [0.5, 0.6) is 5.75 Å². The van der Waals surface area contributed by atoms with Crippen LogP contribution >= 0.6 is 34.8 Å². The number of halogens is 3. The van der Waals surface area contributed by atoms with Crippen LogP contribution in [0.15, 0.2) is 66.7 Å². The zero-order chi connectivity index (χ0) is 24.2. The second-order valence-electron chi connectivity index (χ2n) is 7.88. The van der Waals surface area contributed by atoms with Crippen molar-refractivity contribution in [3.63, 3.8) is 0 Å². The minimum atomic E-state index is -0.249. The maximum absolute atomic E-state index is 12.7. The van der Waals surface area contributed by atoms with Gasteiger partial charge in [0.1, 0.15) is 12.4 Å². The summed E-state index contributed by atoms with van der Waals surface area (Å²) >= 11 is 18.6. The smallest absolute Gasteiger partial charge is 0.256 e. The van der Waals surface area contributed by atoms with E-state index in [0.29, 0.717) is 39.6 Å². The third-order valence-electron chi connectivity index (χ3n) is 5.34. The monoisotopic (exact) mass is 513 g/mol. The number of aromatic nitrogens is 2. The number of rotatable bonds is 7. The first-order valence-corrected chi connectivity index (χ1v) is 11.7. The molecule has 0 bridgehead atoms. The first-order valence-electron chi connectivity index (χ1n) is 10.6. The Labute approximate surface area is 213 Å². The predicted molar refractivity (Wildman–Crippen MR) is 137 cm³/mol. The van der Waals surface area contributed by atoms with Crippen LogP contribution in [0.4, 0.5) is 5.82 Å². The summed E-state index contributed by atoms with van der Waals surface area (Å²) in [6.07, 6.45) is 0.